The molecule has 6 N–H and O–H groups in total. The largest absolute Gasteiger partial charge is 0.394 e. The molecular weight excluding hydrogens is 572 g/mol. The van der Waals surface area contributed by atoms with Crippen LogP contribution in [-0.4, -0.2) is 107 Å². The standard InChI is InChI=1S/3C7H6O.C6H14O6.C6H14O2/c3*8-6-7-4-2-1-3-5-7;7-1-3(9)5(11)6(12)4(10)2-8;1-4-7-6(3)8-5-2/h3*1-6H;3-12H,1-2H2;6H,4-5H2,1-3H3/t;;;3-,4+,5-,6-;/m...1./s1. The second-order valence-corrected chi connectivity index (χ2v) is 8.54. The summed E-state index contributed by atoms with van der Waals surface area (Å²) in [6.07, 6.45) is -3.93. The van der Waals surface area contributed by atoms with Gasteiger partial charge in [-0.3, -0.25) is 14.4 Å². The van der Waals surface area contributed by atoms with Crippen molar-refractivity contribution < 1.29 is 54.5 Å². The smallest absolute Gasteiger partial charge is 0.154 e. The van der Waals surface area contributed by atoms with Gasteiger partial charge in [-0.05, 0) is 20.8 Å². The molecule has 0 saturated heterocycles. The van der Waals surface area contributed by atoms with E-state index in [9.17, 15) is 14.4 Å². The number of hydrogen-bond donors (Lipinski definition) is 6. The molecule has 0 bridgehead atoms. The molecule has 0 aromatic heterocycles. The molecule has 0 saturated carbocycles. The SMILES string of the molecule is CCOC(C)OCC.O=Cc1ccccc1.O=Cc1ccccc1.O=Cc1ccccc1.OC[C@@H](O)[C@@H](O)[C@H](O)[C@@H](O)CO. The molecule has 0 aliphatic heterocycles. The van der Waals surface area contributed by atoms with Crippen molar-refractivity contribution in [3.05, 3.63) is 108 Å². The van der Waals surface area contributed by atoms with Gasteiger partial charge in [-0.1, -0.05) is 91.0 Å². The predicted molar refractivity (Wildman–Crippen MR) is 166 cm³/mol. The molecule has 0 amide bonds. The number of aldehydes is 3. The molecule has 3 aromatic rings. The third kappa shape index (κ3) is 22.9. The highest BCUT2D eigenvalue weighted by molar-refractivity contribution is 5.75. The Hall–Kier alpha value is -3.65. The molecule has 0 fully saturated rings. The molecule has 0 aliphatic carbocycles. The lowest BCUT2D eigenvalue weighted by Crippen LogP contribution is -2.46. The topological polar surface area (TPSA) is 191 Å². The van der Waals surface area contributed by atoms with E-state index in [0.29, 0.717) is 0 Å². The van der Waals surface area contributed by atoms with Crippen molar-refractivity contribution in [1.82, 2.24) is 0 Å². The number of benzene rings is 3. The predicted octanol–water partition coefficient (Wildman–Crippen LogP) is 2.32. The van der Waals surface area contributed by atoms with Crippen LogP contribution in [0.4, 0.5) is 0 Å². The van der Waals surface area contributed by atoms with Gasteiger partial charge in [0.15, 0.2) is 6.29 Å². The summed E-state index contributed by atoms with van der Waals surface area (Å²) in [5.41, 5.74) is 2.19. The minimum absolute atomic E-state index is 0.0370. The number of ether oxygens (including phenoxy) is 2. The van der Waals surface area contributed by atoms with E-state index in [1.807, 2.05) is 75.4 Å². The third-order valence-electron chi connectivity index (χ3n) is 5.12. The van der Waals surface area contributed by atoms with E-state index in [-0.39, 0.29) is 6.29 Å². The molecule has 3 aromatic carbocycles. The summed E-state index contributed by atoms with van der Waals surface area (Å²) in [6.45, 7) is 5.80. The highest BCUT2D eigenvalue weighted by Gasteiger charge is 2.29. The van der Waals surface area contributed by atoms with Gasteiger partial charge in [0.2, 0.25) is 0 Å². The van der Waals surface area contributed by atoms with Gasteiger partial charge in [-0.2, -0.15) is 0 Å². The Balaban J connectivity index is 0. The van der Waals surface area contributed by atoms with Crippen LogP contribution in [0, 0.1) is 0 Å². The zero-order valence-electron chi connectivity index (χ0n) is 25.3. The molecule has 0 aliphatic rings. The first-order chi connectivity index (χ1) is 21.1. The van der Waals surface area contributed by atoms with Crippen molar-refractivity contribution in [1.29, 1.82) is 0 Å². The fraction of sp³-hybridized carbons (Fsp3) is 0.364. The number of aliphatic hydroxyl groups excluding tert-OH is 6. The van der Waals surface area contributed by atoms with E-state index in [0.717, 1.165) is 48.8 Å². The lowest BCUT2D eigenvalue weighted by molar-refractivity contribution is -0.123. The van der Waals surface area contributed by atoms with Crippen molar-refractivity contribution in [3.8, 4) is 0 Å². The van der Waals surface area contributed by atoms with Crippen LogP contribution in [0.1, 0.15) is 51.8 Å². The van der Waals surface area contributed by atoms with Crippen LogP contribution in [0.15, 0.2) is 91.0 Å². The Morgan fingerprint density at radius 3 is 0.955 bits per heavy atom. The van der Waals surface area contributed by atoms with Crippen molar-refractivity contribution in [2.75, 3.05) is 26.4 Å². The molecule has 11 heteroatoms. The lowest BCUT2D eigenvalue weighted by atomic mass is 10.0. The first kappa shape index (κ1) is 42.5. The van der Waals surface area contributed by atoms with Gasteiger partial charge >= 0.3 is 0 Å². The van der Waals surface area contributed by atoms with E-state index in [4.69, 9.17) is 40.1 Å². The van der Waals surface area contributed by atoms with Crippen molar-refractivity contribution in [2.24, 2.45) is 0 Å². The van der Waals surface area contributed by atoms with Crippen molar-refractivity contribution in [2.45, 2.75) is 51.5 Å². The van der Waals surface area contributed by atoms with Crippen LogP contribution in [0.2, 0.25) is 0 Å². The minimum Gasteiger partial charge on any atom is -0.394 e. The Labute approximate surface area is 259 Å². The van der Waals surface area contributed by atoms with E-state index < -0.39 is 37.6 Å². The van der Waals surface area contributed by atoms with Gasteiger partial charge in [0.25, 0.3) is 0 Å². The van der Waals surface area contributed by atoms with Gasteiger partial charge < -0.3 is 40.1 Å². The number of carbonyl (C=O) groups is 3. The average molecular weight is 619 g/mol. The van der Waals surface area contributed by atoms with E-state index in [1.165, 1.54) is 0 Å². The fourth-order valence-electron chi connectivity index (χ4n) is 2.78. The zero-order valence-corrected chi connectivity index (χ0v) is 25.3. The van der Waals surface area contributed by atoms with Gasteiger partial charge in [0, 0.05) is 29.9 Å². The zero-order chi connectivity index (χ0) is 33.6. The fourth-order valence-corrected chi connectivity index (χ4v) is 2.78. The Morgan fingerprint density at radius 1 is 0.545 bits per heavy atom. The van der Waals surface area contributed by atoms with E-state index in [1.54, 1.807) is 36.4 Å². The van der Waals surface area contributed by atoms with Crippen molar-refractivity contribution >= 4 is 18.9 Å². The Kier molecular flexibility index (Phi) is 28.4. The second kappa shape index (κ2) is 29.4. The van der Waals surface area contributed by atoms with Gasteiger partial charge in [-0.25, -0.2) is 0 Å². The summed E-state index contributed by atoms with van der Waals surface area (Å²) >= 11 is 0. The highest BCUT2D eigenvalue weighted by Crippen LogP contribution is 2.04. The molecule has 44 heavy (non-hydrogen) atoms. The summed E-state index contributed by atoms with van der Waals surface area (Å²) in [5.74, 6) is 0. The molecule has 0 spiro atoms. The molecule has 0 unspecified atom stereocenters. The normalized spacial score (nSPS) is 12.4. The number of rotatable bonds is 12. The minimum atomic E-state index is -1.67. The molecule has 11 nitrogen and oxygen atoms in total. The molecular formula is C33H46O11. The van der Waals surface area contributed by atoms with Crippen LogP contribution in [0.3, 0.4) is 0 Å². The average Bonchev–Trinajstić information content (AvgIpc) is 3.09. The number of aliphatic hydroxyl groups is 6. The first-order valence-corrected chi connectivity index (χ1v) is 13.8. The number of carbonyl (C=O) groups excluding carboxylic acids is 3. The molecule has 3 rings (SSSR count). The quantitative estimate of drug-likeness (QED) is 0.129. The summed E-state index contributed by atoms with van der Waals surface area (Å²) in [6, 6.07) is 27.3. The Morgan fingerprint density at radius 2 is 0.795 bits per heavy atom. The summed E-state index contributed by atoms with van der Waals surface area (Å²) in [5, 5.41) is 52.2. The van der Waals surface area contributed by atoms with Crippen LogP contribution < -0.4 is 0 Å². The molecule has 0 heterocycles. The third-order valence-corrected chi connectivity index (χ3v) is 5.12. The van der Waals surface area contributed by atoms with Gasteiger partial charge in [-0.15, -0.1) is 0 Å². The van der Waals surface area contributed by atoms with Crippen LogP contribution in [0.25, 0.3) is 0 Å². The summed E-state index contributed by atoms with van der Waals surface area (Å²) in [4.78, 5) is 30.0. The van der Waals surface area contributed by atoms with Crippen LogP contribution in [-0.2, 0) is 9.47 Å². The first-order valence-electron chi connectivity index (χ1n) is 13.8. The summed E-state index contributed by atoms with van der Waals surface area (Å²) < 4.78 is 10.1. The van der Waals surface area contributed by atoms with Crippen LogP contribution in [0.5, 0.6) is 0 Å². The van der Waals surface area contributed by atoms with Crippen LogP contribution >= 0.6 is 0 Å². The van der Waals surface area contributed by atoms with Crippen molar-refractivity contribution in [3.63, 3.8) is 0 Å². The number of hydrogen-bond acceptors (Lipinski definition) is 11. The summed E-state index contributed by atoms with van der Waals surface area (Å²) in [7, 11) is 0. The van der Waals surface area contributed by atoms with E-state index in [2.05, 4.69) is 0 Å². The van der Waals surface area contributed by atoms with Gasteiger partial charge in [0.1, 0.15) is 43.3 Å². The Bertz CT molecular complexity index is 930. The molecule has 244 valence electrons. The molecule has 4 atom stereocenters. The monoisotopic (exact) mass is 618 g/mol. The molecule has 0 radical (unpaired) electrons. The lowest BCUT2D eigenvalue weighted by Gasteiger charge is -2.24. The maximum atomic E-state index is 10.0. The maximum Gasteiger partial charge on any atom is 0.154 e. The highest BCUT2D eigenvalue weighted by atomic mass is 16.7. The second-order valence-electron chi connectivity index (χ2n) is 8.54. The maximum absolute atomic E-state index is 10.0. The van der Waals surface area contributed by atoms with E-state index >= 15 is 0 Å². The van der Waals surface area contributed by atoms with Gasteiger partial charge in [0.05, 0.1) is 13.2 Å².